The van der Waals surface area contributed by atoms with Gasteiger partial charge in [0.2, 0.25) is 0 Å². The molecule has 1 heterocycles. The van der Waals surface area contributed by atoms with Crippen molar-refractivity contribution in [3.63, 3.8) is 0 Å². The second-order valence-corrected chi connectivity index (χ2v) is 4.25. The van der Waals surface area contributed by atoms with E-state index in [0.717, 1.165) is 34.3 Å². The smallest absolute Gasteiger partial charge is 0.150 e. The number of carbonyl (C=O) groups is 1. The molecule has 0 aliphatic carbocycles. The maximum atomic E-state index is 10.7. The van der Waals surface area contributed by atoms with E-state index in [2.05, 4.69) is 0 Å². The summed E-state index contributed by atoms with van der Waals surface area (Å²) in [6.07, 6.45) is 0.814. The summed E-state index contributed by atoms with van der Waals surface area (Å²) >= 11 is 0. The van der Waals surface area contributed by atoms with Gasteiger partial charge in [-0.05, 0) is 36.4 Å². The van der Waals surface area contributed by atoms with E-state index in [1.807, 2.05) is 36.4 Å². The molecule has 3 aromatic rings. The molecule has 0 saturated carbocycles. The molecule has 3 heteroatoms. The molecule has 0 amide bonds. The maximum Gasteiger partial charge on any atom is 0.150 e. The number of furan rings is 1. The zero-order chi connectivity index (χ0) is 13.2. The summed E-state index contributed by atoms with van der Waals surface area (Å²) in [4.78, 5) is 10.7. The molecule has 3 rings (SSSR count). The largest absolute Gasteiger partial charge is 0.497 e. The second kappa shape index (κ2) is 4.61. The lowest BCUT2D eigenvalue weighted by Crippen LogP contribution is -1.81. The molecule has 0 bridgehead atoms. The zero-order valence-electron chi connectivity index (χ0n) is 10.4. The van der Waals surface area contributed by atoms with Gasteiger partial charge in [0.1, 0.15) is 23.4 Å². The van der Waals surface area contributed by atoms with Crippen LogP contribution >= 0.6 is 0 Å². The van der Waals surface area contributed by atoms with Crippen LogP contribution < -0.4 is 4.74 Å². The number of carbonyl (C=O) groups excluding carboxylic acids is 1. The lowest BCUT2D eigenvalue weighted by molar-refractivity contribution is 0.112. The molecule has 2 aromatic carbocycles. The average Bonchev–Trinajstić information content (AvgIpc) is 2.90. The predicted molar refractivity (Wildman–Crippen MR) is 73.6 cm³/mol. The minimum Gasteiger partial charge on any atom is -0.497 e. The van der Waals surface area contributed by atoms with E-state index in [-0.39, 0.29) is 0 Å². The SMILES string of the molecule is COc1ccc(-c2cc3ccc(C=O)cc3o2)cc1. The van der Waals surface area contributed by atoms with Gasteiger partial charge in [0.15, 0.2) is 0 Å². The quantitative estimate of drug-likeness (QED) is 0.663. The average molecular weight is 252 g/mol. The molecule has 19 heavy (non-hydrogen) atoms. The maximum absolute atomic E-state index is 10.7. The highest BCUT2D eigenvalue weighted by molar-refractivity contribution is 5.88. The third kappa shape index (κ3) is 2.10. The minimum absolute atomic E-state index is 0.614. The van der Waals surface area contributed by atoms with Crippen molar-refractivity contribution >= 4 is 17.3 Å². The summed E-state index contributed by atoms with van der Waals surface area (Å²) in [7, 11) is 1.64. The Morgan fingerprint density at radius 1 is 1.05 bits per heavy atom. The standard InChI is InChI=1S/C16H12O3/c1-18-14-6-4-12(5-7-14)16-9-13-3-2-11(10-17)8-15(13)19-16/h2-10H,1H3. The van der Waals surface area contributed by atoms with Gasteiger partial charge >= 0.3 is 0 Å². The van der Waals surface area contributed by atoms with E-state index in [0.29, 0.717) is 5.56 Å². The Hall–Kier alpha value is -2.55. The van der Waals surface area contributed by atoms with Crippen molar-refractivity contribution < 1.29 is 13.9 Å². The Bertz CT molecular complexity index is 723. The number of aldehydes is 1. The molecule has 0 aliphatic rings. The Morgan fingerprint density at radius 2 is 1.84 bits per heavy atom. The van der Waals surface area contributed by atoms with Gasteiger partial charge in [-0.2, -0.15) is 0 Å². The number of benzene rings is 2. The van der Waals surface area contributed by atoms with E-state index in [1.165, 1.54) is 0 Å². The lowest BCUT2D eigenvalue weighted by Gasteiger charge is -2.00. The Balaban J connectivity index is 2.06. The van der Waals surface area contributed by atoms with E-state index in [9.17, 15) is 4.79 Å². The molecule has 0 aliphatic heterocycles. The molecule has 0 saturated heterocycles. The van der Waals surface area contributed by atoms with Crippen molar-refractivity contribution in [2.45, 2.75) is 0 Å². The van der Waals surface area contributed by atoms with Gasteiger partial charge in [0, 0.05) is 16.5 Å². The van der Waals surface area contributed by atoms with Crippen LogP contribution in [-0.4, -0.2) is 13.4 Å². The van der Waals surface area contributed by atoms with Gasteiger partial charge in [0.05, 0.1) is 7.11 Å². The third-order valence-corrected chi connectivity index (χ3v) is 3.05. The Morgan fingerprint density at radius 3 is 2.53 bits per heavy atom. The monoisotopic (exact) mass is 252 g/mol. The number of hydrogen-bond donors (Lipinski definition) is 0. The first-order chi connectivity index (χ1) is 9.30. The van der Waals surface area contributed by atoms with Crippen LogP contribution in [0.4, 0.5) is 0 Å². The van der Waals surface area contributed by atoms with Crippen molar-refractivity contribution in [1.82, 2.24) is 0 Å². The molecule has 0 atom stereocenters. The molecule has 0 fully saturated rings. The molecular weight excluding hydrogens is 240 g/mol. The highest BCUT2D eigenvalue weighted by Gasteiger charge is 2.07. The van der Waals surface area contributed by atoms with Crippen LogP contribution in [-0.2, 0) is 0 Å². The molecule has 0 N–H and O–H groups in total. The van der Waals surface area contributed by atoms with Gasteiger partial charge in [-0.15, -0.1) is 0 Å². The van der Waals surface area contributed by atoms with Crippen molar-refractivity contribution in [2.75, 3.05) is 7.11 Å². The summed E-state index contributed by atoms with van der Waals surface area (Å²) in [6, 6.07) is 15.0. The minimum atomic E-state index is 0.614. The van der Waals surface area contributed by atoms with E-state index < -0.39 is 0 Å². The molecule has 0 spiro atoms. The normalized spacial score (nSPS) is 10.6. The third-order valence-electron chi connectivity index (χ3n) is 3.05. The summed E-state index contributed by atoms with van der Waals surface area (Å²) in [5.74, 6) is 1.59. The van der Waals surface area contributed by atoms with E-state index >= 15 is 0 Å². The van der Waals surface area contributed by atoms with Gasteiger partial charge in [-0.3, -0.25) is 4.79 Å². The number of hydrogen-bond acceptors (Lipinski definition) is 3. The number of fused-ring (bicyclic) bond motifs is 1. The van der Waals surface area contributed by atoms with Crippen molar-refractivity contribution in [2.24, 2.45) is 0 Å². The fourth-order valence-electron chi connectivity index (χ4n) is 2.02. The zero-order valence-corrected chi connectivity index (χ0v) is 10.4. The van der Waals surface area contributed by atoms with Crippen LogP contribution in [0.5, 0.6) is 5.75 Å². The van der Waals surface area contributed by atoms with Crippen LogP contribution in [0.25, 0.3) is 22.3 Å². The first-order valence-corrected chi connectivity index (χ1v) is 5.93. The fraction of sp³-hybridized carbons (Fsp3) is 0.0625. The number of ether oxygens (including phenoxy) is 1. The molecule has 0 radical (unpaired) electrons. The van der Waals surface area contributed by atoms with Crippen LogP contribution in [0, 0.1) is 0 Å². The van der Waals surface area contributed by atoms with E-state index in [1.54, 1.807) is 19.2 Å². The van der Waals surface area contributed by atoms with Crippen LogP contribution in [0.3, 0.4) is 0 Å². The van der Waals surface area contributed by atoms with Gasteiger partial charge in [-0.1, -0.05) is 12.1 Å². The first-order valence-electron chi connectivity index (χ1n) is 5.93. The fourth-order valence-corrected chi connectivity index (χ4v) is 2.02. The summed E-state index contributed by atoms with van der Waals surface area (Å²) < 4.78 is 10.9. The number of rotatable bonds is 3. The number of methoxy groups -OCH3 is 1. The molecule has 0 unspecified atom stereocenters. The van der Waals surface area contributed by atoms with Crippen LogP contribution in [0.1, 0.15) is 10.4 Å². The van der Waals surface area contributed by atoms with Gasteiger partial charge in [-0.25, -0.2) is 0 Å². The predicted octanol–water partition coefficient (Wildman–Crippen LogP) is 3.92. The summed E-state index contributed by atoms with van der Waals surface area (Å²) in [5.41, 5.74) is 2.31. The van der Waals surface area contributed by atoms with Crippen LogP contribution in [0.15, 0.2) is 52.9 Å². The molecule has 94 valence electrons. The second-order valence-electron chi connectivity index (χ2n) is 4.25. The first kappa shape index (κ1) is 11.5. The summed E-state index contributed by atoms with van der Waals surface area (Å²) in [6.45, 7) is 0. The highest BCUT2D eigenvalue weighted by atomic mass is 16.5. The van der Waals surface area contributed by atoms with Crippen molar-refractivity contribution in [1.29, 1.82) is 0 Å². The van der Waals surface area contributed by atoms with Gasteiger partial charge in [0.25, 0.3) is 0 Å². The molecule has 1 aromatic heterocycles. The molecule has 3 nitrogen and oxygen atoms in total. The summed E-state index contributed by atoms with van der Waals surface area (Å²) in [5, 5.41) is 0.983. The molecular formula is C16H12O3. The van der Waals surface area contributed by atoms with Crippen molar-refractivity contribution in [3.8, 4) is 17.1 Å². The topological polar surface area (TPSA) is 39.4 Å². The van der Waals surface area contributed by atoms with Gasteiger partial charge < -0.3 is 9.15 Å². The van der Waals surface area contributed by atoms with Crippen LogP contribution in [0.2, 0.25) is 0 Å². The Kier molecular flexibility index (Phi) is 2.80. The highest BCUT2D eigenvalue weighted by Crippen LogP contribution is 2.29. The Labute approximate surface area is 110 Å². The lowest BCUT2D eigenvalue weighted by atomic mass is 10.1. The van der Waals surface area contributed by atoms with E-state index in [4.69, 9.17) is 9.15 Å². The van der Waals surface area contributed by atoms with Crippen molar-refractivity contribution in [3.05, 3.63) is 54.1 Å².